The van der Waals surface area contributed by atoms with E-state index in [0.717, 1.165) is 21.3 Å². The average molecular weight is 294 g/mol. The van der Waals surface area contributed by atoms with E-state index in [1.54, 1.807) is 0 Å². The van der Waals surface area contributed by atoms with E-state index in [1.807, 2.05) is 6.07 Å². The van der Waals surface area contributed by atoms with Crippen molar-refractivity contribution in [2.75, 3.05) is 13.1 Å². The fraction of sp³-hybridized carbons (Fsp3) is 0.462. The molecule has 3 nitrogen and oxygen atoms in total. The number of likely N-dealkylation sites (tertiary alicyclic amines) is 1. The molecule has 90 valence electrons. The molecule has 1 atom stereocenters. The summed E-state index contributed by atoms with van der Waals surface area (Å²) in [6.45, 7) is 4.63. The molecule has 0 bridgehead atoms. The molecule has 1 aromatic carbocycles. The summed E-state index contributed by atoms with van der Waals surface area (Å²) in [7, 11) is 0. The fourth-order valence-electron chi connectivity index (χ4n) is 2.50. The van der Waals surface area contributed by atoms with Crippen LogP contribution in [-0.4, -0.2) is 28.0 Å². The molecule has 0 spiro atoms. The zero-order valence-electron chi connectivity index (χ0n) is 9.91. The van der Waals surface area contributed by atoms with Crippen molar-refractivity contribution in [2.45, 2.75) is 25.8 Å². The Balaban J connectivity index is 1.94. The Morgan fingerprint density at radius 1 is 1.35 bits per heavy atom. The van der Waals surface area contributed by atoms with E-state index in [1.165, 1.54) is 25.9 Å². The summed E-state index contributed by atoms with van der Waals surface area (Å²) < 4.78 is 1.09. The molecule has 1 fully saturated rings. The highest BCUT2D eigenvalue weighted by molar-refractivity contribution is 9.10. The Bertz CT molecular complexity index is 528. The van der Waals surface area contributed by atoms with Gasteiger partial charge in [-0.3, -0.25) is 4.90 Å². The number of aromatic amines is 1. The van der Waals surface area contributed by atoms with Crippen molar-refractivity contribution in [2.24, 2.45) is 0 Å². The van der Waals surface area contributed by atoms with E-state index in [2.05, 4.69) is 49.9 Å². The minimum absolute atomic E-state index is 0.392. The number of rotatable bonds is 2. The smallest absolute Gasteiger partial charge is 0.124 e. The Morgan fingerprint density at radius 3 is 2.88 bits per heavy atom. The highest BCUT2D eigenvalue weighted by Gasteiger charge is 2.21. The number of halogens is 1. The SMILES string of the molecule is CC(c1nc2ccc(Br)cc2[nH]1)N1CCCC1. The molecular weight excluding hydrogens is 278 g/mol. The van der Waals surface area contributed by atoms with Gasteiger partial charge in [0.05, 0.1) is 17.1 Å². The lowest BCUT2D eigenvalue weighted by Gasteiger charge is -2.21. The number of nitrogens with one attached hydrogen (secondary N) is 1. The molecule has 1 saturated heterocycles. The van der Waals surface area contributed by atoms with Crippen molar-refractivity contribution in [3.05, 3.63) is 28.5 Å². The predicted molar refractivity (Wildman–Crippen MR) is 73.0 cm³/mol. The fourth-order valence-corrected chi connectivity index (χ4v) is 2.86. The van der Waals surface area contributed by atoms with Gasteiger partial charge in [-0.15, -0.1) is 0 Å². The van der Waals surface area contributed by atoms with Crippen molar-refractivity contribution < 1.29 is 0 Å². The van der Waals surface area contributed by atoms with Gasteiger partial charge in [-0.05, 0) is 51.1 Å². The zero-order valence-corrected chi connectivity index (χ0v) is 11.5. The van der Waals surface area contributed by atoms with E-state index in [-0.39, 0.29) is 0 Å². The van der Waals surface area contributed by atoms with E-state index in [9.17, 15) is 0 Å². The lowest BCUT2D eigenvalue weighted by molar-refractivity contribution is 0.255. The van der Waals surface area contributed by atoms with Crippen molar-refractivity contribution in [3.8, 4) is 0 Å². The Hall–Kier alpha value is -0.870. The molecule has 0 aliphatic carbocycles. The lowest BCUT2D eigenvalue weighted by atomic mass is 10.3. The number of hydrogen-bond acceptors (Lipinski definition) is 2. The first-order chi connectivity index (χ1) is 8.24. The van der Waals surface area contributed by atoms with E-state index in [4.69, 9.17) is 0 Å². The number of H-pyrrole nitrogens is 1. The standard InChI is InChI=1S/C13H16BrN3/c1-9(17-6-2-3-7-17)13-15-11-5-4-10(14)8-12(11)16-13/h4-5,8-9H,2-3,6-7H2,1H3,(H,15,16). The molecule has 1 aliphatic rings. The molecule has 4 heteroatoms. The summed E-state index contributed by atoms with van der Waals surface area (Å²) in [4.78, 5) is 10.6. The average Bonchev–Trinajstić information content (AvgIpc) is 2.96. The maximum absolute atomic E-state index is 4.68. The Morgan fingerprint density at radius 2 is 2.12 bits per heavy atom. The van der Waals surface area contributed by atoms with Gasteiger partial charge in [0.15, 0.2) is 0 Å². The van der Waals surface area contributed by atoms with Crippen LogP contribution >= 0.6 is 15.9 Å². The summed E-state index contributed by atoms with van der Waals surface area (Å²) in [5.74, 6) is 1.08. The molecule has 1 N–H and O–H groups in total. The minimum atomic E-state index is 0.392. The molecule has 2 heterocycles. The quantitative estimate of drug-likeness (QED) is 0.919. The van der Waals surface area contributed by atoms with Crippen LogP contribution in [0.3, 0.4) is 0 Å². The van der Waals surface area contributed by atoms with E-state index in [0.29, 0.717) is 6.04 Å². The maximum Gasteiger partial charge on any atom is 0.124 e. The van der Waals surface area contributed by atoms with Crippen LogP contribution in [0.15, 0.2) is 22.7 Å². The summed E-state index contributed by atoms with van der Waals surface area (Å²) in [5.41, 5.74) is 2.16. The topological polar surface area (TPSA) is 31.9 Å². The molecule has 3 rings (SSSR count). The molecule has 0 saturated carbocycles. The number of hydrogen-bond donors (Lipinski definition) is 1. The first-order valence-corrected chi connectivity index (χ1v) is 6.92. The van der Waals surface area contributed by atoms with Gasteiger partial charge in [0, 0.05) is 4.47 Å². The third kappa shape index (κ3) is 2.11. The third-order valence-electron chi connectivity index (χ3n) is 3.55. The van der Waals surface area contributed by atoms with Crippen molar-refractivity contribution >= 4 is 27.0 Å². The number of benzene rings is 1. The van der Waals surface area contributed by atoms with Crippen LogP contribution < -0.4 is 0 Å². The number of imidazole rings is 1. The van der Waals surface area contributed by atoms with Gasteiger partial charge in [0.25, 0.3) is 0 Å². The summed E-state index contributed by atoms with van der Waals surface area (Å²) in [6.07, 6.45) is 2.63. The van der Waals surface area contributed by atoms with Gasteiger partial charge in [0.1, 0.15) is 5.82 Å². The normalized spacial score (nSPS) is 18.9. The monoisotopic (exact) mass is 293 g/mol. The number of fused-ring (bicyclic) bond motifs is 1. The van der Waals surface area contributed by atoms with Crippen molar-refractivity contribution in [3.63, 3.8) is 0 Å². The second kappa shape index (κ2) is 4.42. The summed E-state index contributed by atoms with van der Waals surface area (Å²) in [6, 6.07) is 6.57. The zero-order chi connectivity index (χ0) is 11.8. The van der Waals surface area contributed by atoms with Gasteiger partial charge < -0.3 is 4.98 Å². The van der Waals surface area contributed by atoms with Crippen LogP contribution in [0, 0.1) is 0 Å². The highest BCUT2D eigenvalue weighted by Crippen LogP contribution is 2.25. The van der Waals surface area contributed by atoms with Crippen LogP contribution in [0.1, 0.15) is 31.6 Å². The van der Waals surface area contributed by atoms with Crippen molar-refractivity contribution in [1.29, 1.82) is 0 Å². The van der Waals surface area contributed by atoms with Crippen molar-refractivity contribution in [1.82, 2.24) is 14.9 Å². The van der Waals surface area contributed by atoms with Crippen LogP contribution in [0.5, 0.6) is 0 Å². The Labute approximate surface area is 109 Å². The molecule has 0 amide bonds. The van der Waals surface area contributed by atoms with E-state index >= 15 is 0 Å². The maximum atomic E-state index is 4.68. The highest BCUT2D eigenvalue weighted by atomic mass is 79.9. The van der Waals surface area contributed by atoms with Crippen LogP contribution in [-0.2, 0) is 0 Å². The summed E-state index contributed by atoms with van der Waals surface area (Å²) >= 11 is 3.49. The molecule has 1 unspecified atom stereocenters. The van der Waals surface area contributed by atoms with Crippen LogP contribution in [0.4, 0.5) is 0 Å². The van der Waals surface area contributed by atoms with Gasteiger partial charge in [-0.25, -0.2) is 4.98 Å². The van der Waals surface area contributed by atoms with Gasteiger partial charge in [-0.1, -0.05) is 15.9 Å². The third-order valence-corrected chi connectivity index (χ3v) is 4.04. The predicted octanol–water partition coefficient (Wildman–Crippen LogP) is 3.48. The van der Waals surface area contributed by atoms with Crippen LogP contribution in [0.25, 0.3) is 11.0 Å². The van der Waals surface area contributed by atoms with Gasteiger partial charge in [0.2, 0.25) is 0 Å². The van der Waals surface area contributed by atoms with E-state index < -0.39 is 0 Å². The first kappa shape index (κ1) is 11.2. The number of nitrogens with zero attached hydrogens (tertiary/aromatic N) is 2. The lowest BCUT2D eigenvalue weighted by Crippen LogP contribution is -2.24. The van der Waals surface area contributed by atoms with Gasteiger partial charge >= 0.3 is 0 Å². The molecular formula is C13H16BrN3. The molecule has 1 aromatic heterocycles. The first-order valence-electron chi connectivity index (χ1n) is 6.13. The molecule has 1 aliphatic heterocycles. The minimum Gasteiger partial charge on any atom is -0.341 e. The summed E-state index contributed by atoms with van der Waals surface area (Å²) in [5, 5.41) is 0. The van der Waals surface area contributed by atoms with Gasteiger partial charge in [-0.2, -0.15) is 0 Å². The van der Waals surface area contributed by atoms with Crippen LogP contribution in [0.2, 0.25) is 0 Å². The second-order valence-corrected chi connectivity index (χ2v) is 5.62. The molecule has 2 aromatic rings. The largest absolute Gasteiger partial charge is 0.341 e. The molecule has 0 radical (unpaired) electrons. The molecule has 17 heavy (non-hydrogen) atoms. The number of aromatic nitrogens is 2. The Kier molecular flexibility index (Phi) is 2.92. The second-order valence-electron chi connectivity index (χ2n) is 4.70.